The van der Waals surface area contributed by atoms with Crippen molar-refractivity contribution in [2.24, 2.45) is 11.7 Å². The van der Waals surface area contributed by atoms with Crippen molar-refractivity contribution in [1.82, 2.24) is 10.2 Å². The number of carbonyl (C=O) groups is 1. The van der Waals surface area contributed by atoms with E-state index in [1.165, 1.54) is 0 Å². The van der Waals surface area contributed by atoms with Crippen LogP contribution in [0.2, 0.25) is 0 Å². The molecule has 0 spiro atoms. The zero-order valence-electron chi connectivity index (χ0n) is 13.8. The van der Waals surface area contributed by atoms with Crippen molar-refractivity contribution in [3.8, 4) is 0 Å². The molecule has 0 aromatic heterocycles. The van der Waals surface area contributed by atoms with Gasteiger partial charge in [0.2, 0.25) is 0 Å². The molecule has 0 aliphatic carbocycles. The van der Waals surface area contributed by atoms with E-state index in [0.29, 0.717) is 24.5 Å². The van der Waals surface area contributed by atoms with Crippen molar-refractivity contribution in [3.63, 3.8) is 0 Å². The van der Waals surface area contributed by atoms with Crippen LogP contribution in [-0.2, 0) is 11.2 Å². The number of likely N-dealkylation sites (tertiary alicyclic amines) is 1. The van der Waals surface area contributed by atoms with Crippen LogP contribution in [0.1, 0.15) is 31.2 Å². The van der Waals surface area contributed by atoms with Gasteiger partial charge < -0.3 is 16.0 Å². The van der Waals surface area contributed by atoms with Gasteiger partial charge in [-0.15, -0.1) is 0 Å². The molecule has 4 N–H and O–H groups in total. The summed E-state index contributed by atoms with van der Waals surface area (Å²) >= 11 is 0. The minimum absolute atomic E-state index is 0.188. The van der Waals surface area contributed by atoms with Crippen LogP contribution in [0.5, 0.6) is 0 Å². The molecule has 0 saturated carbocycles. The van der Waals surface area contributed by atoms with Gasteiger partial charge in [0.25, 0.3) is 0 Å². The van der Waals surface area contributed by atoms with E-state index in [9.17, 15) is 4.79 Å². The van der Waals surface area contributed by atoms with E-state index in [1.54, 1.807) is 0 Å². The first kappa shape index (κ1) is 17.5. The first-order valence-electron chi connectivity index (χ1n) is 8.50. The van der Waals surface area contributed by atoms with Gasteiger partial charge in [-0.2, -0.15) is 0 Å². The van der Waals surface area contributed by atoms with Gasteiger partial charge in [0.1, 0.15) is 5.78 Å². The monoisotopic (exact) mass is 316 g/mol. The highest BCUT2D eigenvalue weighted by molar-refractivity contribution is 5.80. The van der Waals surface area contributed by atoms with Gasteiger partial charge in [-0.25, -0.2) is 0 Å². The third kappa shape index (κ3) is 6.40. The number of benzene rings is 1. The lowest BCUT2D eigenvalue weighted by atomic mass is 9.97. The molecule has 0 bridgehead atoms. The molecule has 1 saturated heterocycles. The molecule has 1 aromatic rings. The smallest absolute Gasteiger partial charge is 0.188 e. The van der Waals surface area contributed by atoms with Crippen LogP contribution in [0.4, 0.5) is 0 Å². The number of nitrogens with zero attached hydrogens (tertiary/aromatic N) is 1. The molecule has 2 rings (SSSR count). The van der Waals surface area contributed by atoms with Crippen LogP contribution < -0.4 is 11.1 Å². The summed E-state index contributed by atoms with van der Waals surface area (Å²) in [7, 11) is 0. The number of piperidine rings is 1. The molecule has 5 heteroatoms. The summed E-state index contributed by atoms with van der Waals surface area (Å²) in [5.74, 6) is 1.16. The summed E-state index contributed by atoms with van der Waals surface area (Å²) in [6, 6.07) is 9.93. The quantitative estimate of drug-likeness (QED) is 0.388. The number of hydrogen-bond acceptors (Lipinski definition) is 3. The first-order valence-corrected chi connectivity index (χ1v) is 8.50. The fraction of sp³-hybridized carbons (Fsp3) is 0.556. The highest BCUT2D eigenvalue weighted by atomic mass is 16.1. The van der Waals surface area contributed by atoms with Gasteiger partial charge in [0, 0.05) is 25.9 Å². The number of nitrogens with one attached hydrogen (secondary N) is 2. The standard InChI is InChI=1S/C18H28N4O/c19-18(20)22-11-8-16(9-12-22)14-21-10-4-7-17(23)13-15-5-2-1-3-6-15/h1-3,5-6,16,21H,4,7-14H2,(H3,19,20). The molecule has 1 aliphatic heterocycles. The molecule has 1 aliphatic rings. The normalized spacial score (nSPS) is 15.6. The summed E-state index contributed by atoms with van der Waals surface area (Å²) in [5, 5.41) is 10.9. The Hall–Kier alpha value is -1.88. The largest absolute Gasteiger partial charge is 0.370 e. The Kier molecular flexibility index (Phi) is 7.07. The summed E-state index contributed by atoms with van der Waals surface area (Å²) in [4.78, 5) is 13.8. The average Bonchev–Trinajstić information content (AvgIpc) is 2.56. The second-order valence-corrected chi connectivity index (χ2v) is 6.32. The lowest BCUT2D eigenvalue weighted by Gasteiger charge is -2.32. The molecule has 1 fully saturated rings. The van der Waals surface area contributed by atoms with E-state index in [4.69, 9.17) is 11.1 Å². The van der Waals surface area contributed by atoms with Crippen LogP contribution >= 0.6 is 0 Å². The molecule has 0 atom stereocenters. The number of rotatable bonds is 8. The minimum atomic E-state index is 0.188. The lowest BCUT2D eigenvalue weighted by Crippen LogP contribution is -2.43. The van der Waals surface area contributed by atoms with Crippen molar-refractivity contribution in [1.29, 1.82) is 5.41 Å². The topological polar surface area (TPSA) is 82.2 Å². The molecular formula is C18H28N4O. The highest BCUT2D eigenvalue weighted by Gasteiger charge is 2.19. The minimum Gasteiger partial charge on any atom is -0.370 e. The Bertz CT molecular complexity index is 495. The number of ketones is 1. The number of guanidine groups is 1. The van der Waals surface area contributed by atoms with Crippen molar-refractivity contribution in [3.05, 3.63) is 35.9 Å². The van der Waals surface area contributed by atoms with Gasteiger partial charge in [-0.3, -0.25) is 10.2 Å². The fourth-order valence-corrected chi connectivity index (χ4v) is 3.01. The van der Waals surface area contributed by atoms with Crippen molar-refractivity contribution in [2.45, 2.75) is 32.1 Å². The van der Waals surface area contributed by atoms with Crippen molar-refractivity contribution < 1.29 is 4.79 Å². The number of carbonyl (C=O) groups excluding carboxylic acids is 1. The predicted octanol–water partition coefficient (Wildman–Crippen LogP) is 1.77. The summed E-state index contributed by atoms with van der Waals surface area (Å²) in [6.45, 7) is 3.67. The number of Topliss-reactive ketones (excluding diaryl/α,β-unsaturated/α-hetero) is 1. The number of hydrogen-bond donors (Lipinski definition) is 3. The Labute approximate surface area is 138 Å². The van der Waals surface area contributed by atoms with Gasteiger partial charge in [-0.05, 0) is 43.8 Å². The fourth-order valence-electron chi connectivity index (χ4n) is 3.01. The second kappa shape index (κ2) is 9.30. The van der Waals surface area contributed by atoms with Gasteiger partial charge in [0.05, 0.1) is 0 Å². The molecule has 0 unspecified atom stereocenters. The van der Waals surface area contributed by atoms with Crippen LogP contribution in [0.3, 0.4) is 0 Å². The van der Waals surface area contributed by atoms with Gasteiger partial charge in [0.15, 0.2) is 5.96 Å². The van der Waals surface area contributed by atoms with E-state index in [0.717, 1.165) is 51.0 Å². The third-order valence-corrected chi connectivity index (χ3v) is 4.44. The molecule has 1 heterocycles. The molecule has 126 valence electrons. The molecule has 5 nitrogen and oxygen atoms in total. The van der Waals surface area contributed by atoms with Gasteiger partial charge in [-0.1, -0.05) is 30.3 Å². The third-order valence-electron chi connectivity index (χ3n) is 4.44. The van der Waals surface area contributed by atoms with Crippen LogP contribution in [0.25, 0.3) is 0 Å². The molecule has 23 heavy (non-hydrogen) atoms. The lowest BCUT2D eigenvalue weighted by molar-refractivity contribution is -0.118. The van der Waals surface area contributed by atoms with E-state index in [1.807, 2.05) is 35.2 Å². The maximum absolute atomic E-state index is 11.9. The van der Waals surface area contributed by atoms with E-state index in [-0.39, 0.29) is 5.96 Å². The molecule has 1 aromatic carbocycles. The Balaban J connectivity index is 1.51. The van der Waals surface area contributed by atoms with Crippen molar-refractivity contribution in [2.75, 3.05) is 26.2 Å². The average molecular weight is 316 g/mol. The zero-order valence-corrected chi connectivity index (χ0v) is 13.8. The van der Waals surface area contributed by atoms with Crippen LogP contribution in [0.15, 0.2) is 30.3 Å². The zero-order chi connectivity index (χ0) is 16.5. The molecular weight excluding hydrogens is 288 g/mol. The Morgan fingerprint density at radius 1 is 1.26 bits per heavy atom. The van der Waals surface area contributed by atoms with E-state index < -0.39 is 0 Å². The summed E-state index contributed by atoms with van der Waals surface area (Å²) in [6.07, 6.45) is 4.26. The SMILES string of the molecule is N=C(N)N1CCC(CNCCCC(=O)Cc2ccccc2)CC1. The maximum atomic E-state index is 11.9. The summed E-state index contributed by atoms with van der Waals surface area (Å²) < 4.78 is 0. The van der Waals surface area contributed by atoms with Crippen LogP contribution in [-0.4, -0.2) is 42.8 Å². The second-order valence-electron chi connectivity index (χ2n) is 6.32. The molecule has 0 amide bonds. The van der Waals surface area contributed by atoms with Crippen LogP contribution in [0, 0.1) is 11.3 Å². The maximum Gasteiger partial charge on any atom is 0.188 e. The summed E-state index contributed by atoms with van der Waals surface area (Å²) in [5.41, 5.74) is 6.60. The Morgan fingerprint density at radius 2 is 1.96 bits per heavy atom. The Morgan fingerprint density at radius 3 is 2.61 bits per heavy atom. The van der Waals surface area contributed by atoms with E-state index in [2.05, 4.69) is 5.32 Å². The van der Waals surface area contributed by atoms with E-state index >= 15 is 0 Å². The predicted molar refractivity (Wildman–Crippen MR) is 93.5 cm³/mol. The van der Waals surface area contributed by atoms with Crippen molar-refractivity contribution >= 4 is 11.7 Å². The number of nitrogens with two attached hydrogens (primary N) is 1. The highest BCUT2D eigenvalue weighted by Crippen LogP contribution is 2.15. The first-order chi connectivity index (χ1) is 11.1. The van der Waals surface area contributed by atoms with Gasteiger partial charge >= 0.3 is 0 Å². The molecule has 0 radical (unpaired) electrons.